The van der Waals surface area contributed by atoms with E-state index in [1.54, 1.807) is 16.1 Å². The lowest BCUT2D eigenvalue weighted by molar-refractivity contribution is -0.0581. The second-order valence-corrected chi connectivity index (χ2v) is 24.9. The SMILES string of the molecule is Cc1ncnc2c1ncn2[C@@H]1O[C@@H]2COP(O)(=S)O[C@@H]3C(COP(=O)(S)O[C@@H]1C2O[Si](C)(C)C(C)(C)C)O[C@@H](n1cnc2c(N)ncnc21)[C@@H]3Cl. The highest BCUT2D eigenvalue weighted by Crippen LogP contribution is 2.59. The van der Waals surface area contributed by atoms with Crippen molar-refractivity contribution in [3.63, 3.8) is 0 Å². The Morgan fingerprint density at radius 1 is 0.961 bits per heavy atom. The van der Waals surface area contributed by atoms with Gasteiger partial charge in [-0.1, -0.05) is 33.0 Å². The van der Waals surface area contributed by atoms with Crippen molar-refractivity contribution in [3.8, 4) is 0 Å². The molecule has 4 aromatic heterocycles. The molecule has 7 rings (SSSR count). The van der Waals surface area contributed by atoms with Crippen molar-refractivity contribution in [1.82, 2.24) is 39.0 Å². The smallest absolute Gasteiger partial charge is 0.386 e. The molecule has 4 unspecified atom stereocenters. The highest BCUT2D eigenvalue weighted by Gasteiger charge is 2.55. The third kappa shape index (κ3) is 7.16. The molecule has 278 valence electrons. The van der Waals surface area contributed by atoms with Crippen LogP contribution < -0.4 is 5.73 Å². The van der Waals surface area contributed by atoms with Gasteiger partial charge < -0.3 is 33.6 Å². The Morgan fingerprint density at radius 3 is 2.27 bits per heavy atom. The van der Waals surface area contributed by atoms with Crippen molar-refractivity contribution in [1.29, 1.82) is 0 Å². The topological polar surface area (TPSA) is 215 Å². The molecule has 0 saturated carbocycles. The largest absolute Gasteiger partial charge is 0.408 e. The molecule has 4 aromatic rings. The maximum Gasteiger partial charge on any atom is 0.386 e. The number of nitrogens with two attached hydrogens (primary N) is 1. The van der Waals surface area contributed by atoms with Gasteiger partial charge in [0, 0.05) is 0 Å². The number of rotatable bonds is 4. The summed E-state index contributed by atoms with van der Waals surface area (Å²) in [6, 6.07) is 0. The highest BCUT2D eigenvalue weighted by molar-refractivity contribution is 8.44. The van der Waals surface area contributed by atoms with E-state index in [1.165, 1.54) is 25.3 Å². The van der Waals surface area contributed by atoms with Gasteiger partial charge >= 0.3 is 13.5 Å². The molecule has 3 fully saturated rings. The monoisotopic (exact) mass is 821 g/mol. The number of aryl methyl sites for hydroxylation is 1. The van der Waals surface area contributed by atoms with E-state index in [2.05, 4.69) is 76.0 Å². The Kier molecular flexibility index (Phi) is 10.0. The number of thiol groups is 1. The summed E-state index contributed by atoms with van der Waals surface area (Å²) in [7, 11) is -2.57. The first-order valence-electron chi connectivity index (χ1n) is 15.9. The molecule has 0 amide bonds. The molecule has 7 heterocycles. The second-order valence-electron chi connectivity index (χ2n) is 14.0. The molecule has 24 heteroatoms. The first-order chi connectivity index (χ1) is 23.9. The third-order valence-electron chi connectivity index (χ3n) is 9.58. The fourth-order valence-electron chi connectivity index (χ4n) is 5.93. The Hall–Kier alpha value is -1.68. The summed E-state index contributed by atoms with van der Waals surface area (Å²) in [6.45, 7) is 3.15. The molecule has 3 N–H and O–H groups in total. The van der Waals surface area contributed by atoms with Gasteiger partial charge in [-0.05, 0) is 36.9 Å². The zero-order chi connectivity index (χ0) is 36.7. The van der Waals surface area contributed by atoms with Crippen LogP contribution in [-0.2, 0) is 48.4 Å². The van der Waals surface area contributed by atoms with E-state index >= 15 is 0 Å². The molecule has 10 atom stereocenters. The minimum Gasteiger partial charge on any atom is -0.408 e. The van der Waals surface area contributed by atoms with Crippen molar-refractivity contribution in [2.75, 3.05) is 18.9 Å². The molecule has 3 aliphatic heterocycles. The van der Waals surface area contributed by atoms with Gasteiger partial charge in [0.25, 0.3) is 0 Å². The molecule has 0 aliphatic carbocycles. The van der Waals surface area contributed by atoms with Crippen LogP contribution in [0, 0.1) is 6.92 Å². The third-order valence-corrected chi connectivity index (χ3v) is 17.7. The van der Waals surface area contributed by atoms with Crippen LogP contribution in [0.25, 0.3) is 22.3 Å². The fraction of sp³-hybridized carbons (Fsp3) is 0.630. The van der Waals surface area contributed by atoms with Crippen LogP contribution in [0.1, 0.15) is 38.9 Å². The van der Waals surface area contributed by atoms with E-state index in [0.29, 0.717) is 28.0 Å². The molecule has 2 bridgehead atoms. The van der Waals surface area contributed by atoms with Crippen LogP contribution in [0.5, 0.6) is 0 Å². The number of ether oxygens (including phenoxy) is 2. The fourth-order valence-corrected chi connectivity index (χ4v) is 10.6. The summed E-state index contributed by atoms with van der Waals surface area (Å²) in [5, 5.41) is -1.24. The molecular formula is C27H38ClN9O9P2S2Si. The van der Waals surface area contributed by atoms with Gasteiger partial charge in [0.15, 0.2) is 37.9 Å². The molecule has 3 aliphatic rings. The number of nitrogen functional groups attached to an aromatic ring is 1. The maximum absolute atomic E-state index is 14.2. The van der Waals surface area contributed by atoms with Gasteiger partial charge in [0.1, 0.15) is 59.6 Å². The zero-order valence-corrected chi connectivity index (χ0v) is 33.6. The highest BCUT2D eigenvalue weighted by atomic mass is 35.5. The lowest BCUT2D eigenvalue weighted by atomic mass is 10.1. The Bertz CT molecular complexity index is 2060. The zero-order valence-electron chi connectivity index (χ0n) is 28.3. The van der Waals surface area contributed by atoms with Gasteiger partial charge in [0.05, 0.1) is 31.6 Å². The molecule has 3 saturated heterocycles. The van der Waals surface area contributed by atoms with Crippen molar-refractivity contribution >= 4 is 85.6 Å². The number of anilines is 1. The number of alkyl halides is 1. The quantitative estimate of drug-likeness (QED) is 0.112. The number of nitrogens with zero attached hydrogens (tertiary/aromatic N) is 8. The van der Waals surface area contributed by atoms with Gasteiger partial charge in [-0.25, -0.2) is 34.5 Å². The minimum atomic E-state index is -4.25. The van der Waals surface area contributed by atoms with Crippen LogP contribution in [0.3, 0.4) is 0 Å². The summed E-state index contributed by atoms with van der Waals surface area (Å²) >= 11 is 16.8. The number of imidazole rings is 2. The van der Waals surface area contributed by atoms with Crippen LogP contribution in [-0.4, -0.2) is 101 Å². The summed E-state index contributed by atoms with van der Waals surface area (Å²) in [5.74, 6) is 0.162. The molecular weight excluding hydrogens is 784 g/mol. The molecule has 0 spiro atoms. The maximum atomic E-state index is 14.2. The van der Waals surface area contributed by atoms with Crippen molar-refractivity contribution < 1.29 is 41.5 Å². The van der Waals surface area contributed by atoms with Crippen molar-refractivity contribution in [2.45, 2.75) is 94.2 Å². The Morgan fingerprint density at radius 2 is 1.57 bits per heavy atom. The Labute approximate surface area is 309 Å². The number of halogens is 1. The standard InChI is InChI=1S/C27H38ClN9O9P2S2Si/c1-13-17-23(32-9-30-13)37(11-34-17)26-21-20(46-51(5,6)27(2,3)4)15(43-26)8-41-47(38,49)44-19-14(7-40-48(39,50)45-21)42-25(16(19)28)36-12-35-18-22(29)31-10-33-24(18)36/h9-12,14-16,19-21,25-26H,7-8H2,1-6H3,(H,38,49)(H,39,50)(H2,29,31,33)/t14?,15-,16-,19-,20?,21-,25-,26-,47?,48?/m1/s1. The van der Waals surface area contributed by atoms with Gasteiger partial charge in [-0.3, -0.25) is 18.2 Å². The van der Waals surface area contributed by atoms with Crippen LogP contribution >= 0.6 is 37.4 Å². The lowest BCUT2D eigenvalue weighted by Gasteiger charge is -2.40. The Balaban J connectivity index is 1.25. The predicted molar refractivity (Wildman–Crippen MR) is 194 cm³/mol. The van der Waals surface area contributed by atoms with E-state index in [9.17, 15) is 9.46 Å². The summed E-state index contributed by atoms with van der Waals surface area (Å²) < 4.78 is 61.3. The van der Waals surface area contributed by atoms with E-state index in [4.69, 9.17) is 61.1 Å². The second kappa shape index (κ2) is 13.6. The van der Waals surface area contributed by atoms with Gasteiger partial charge in [0.2, 0.25) is 0 Å². The number of hydrogen-bond donors (Lipinski definition) is 3. The van der Waals surface area contributed by atoms with Crippen molar-refractivity contribution in [3.05, 3.63) is 31.0 Å². The molecule has 0 aromatic carbocycles. The first kappa shape index (κ1) is 37.6. The molecule has 0 radical (unpaired) electrons. The van der Waals surface area contributed by atoms with Crippen LogP contribution in [0.4, 0.5) is 5.82 Å². The lowest BCUT2D eigenvalue weighted by Crippen LogP contribution is -2.50. The van der Waals surface area contributed by atoms with Crippen LogP contribution in [0.2, 0.25) is 18.1 Å². The van der Waals surface area contributed by atoms with Crippen LogP contribution in [0.15, 0.2) is 25.3 Å². The summed E-state index contributed by atoms with van der Waals surface area (Å²) in [5.41, 5.74) is 8.29. The van der Waals surface area contributed by atoms with Gasteiger partial charge in [-0.2, -0.15) is 0 Å². The van der Waals surface area contributed by atoms with E-state index in [0.717, 1.165) is 0 Å². The number of hydrogen-bond acceptors (Lipinski definition) is 16. The van der Waals surface area contributed by atoms with Gasteiger partial charge in [-0.15, -0.1) is 11.6 Å². The summed E-state index contributed by atoms with van der Waals surface area (Å²) in [4.78, 5) is 37.2. The van der Waals surface area contributed by atoms with Crippen molar-refractivity contribution in [2.24, 2.45) is 0 Å². The average Bonchev–Trinajstić information content (AvgIpc) is 3.80. The first-order valence-corrected chi connectivity index (χ1v) is 24.5. The normalized spacial score (nSPS) is 35.4. The minimum absolute atomic E-state index is 0.162. The predicted octanol–water partition coefficient (Wildman–Crippen LogP) is 4.42. The summed E-state index contributed by atoms with van der Waals surface area (Å²) in [6.07, 6.45) is -1.39. The van der Waals surface area contributed by atoms with E-state index in [1.807, 2.05) is 0 Å². The number of aromatic nitrogens is 8. The molecule has 51 heavy (non-hydrogen) atoms. The average molecular weight is 822 g/mol. The molecule has 18 nitrogen and oxygen atoms in total. The van der Waals surface area contributed by atoms with E-state index in [-0.39, 0.29) is 17.5 Å². The number of fused-ring (bicyclic) bond motifs is 5. The van der Waals surface area contributed by atoms with E-state index < -0.39 is 76.8 Å².